The first-order chi connectivity index (χ1) is 13.2. The first-order valence-electron chi connectivity index (χ1n) is 9.31. The summed E-state index contributed by atoms with van der Waals surface area (Å²) in [4.78, 5) is 24.7. The monoisotopic (exact) mass is 389 g/mol. The molecule has 0 saturated heterocycles. The van der Waals surface area contributed by atoms with Crippen LogP contribution in [0, 0.1) is 5.92 Å². The van der Waals surface area contributed by atoms with Crippen molar-refractivity contribution in [2.24, 2.45) is 5.92 Å². The minimum Gasteiger partial charge on any atom is -0.507 e. The van der Waals surface area contributed by atoms with Gasteiger partial charge in [0.05, 0.1) is 6.10 Å². The van der Waals surface area contributed by atoms with Crippen LogP contribution in [0.15, 0.2) is 30.4 Å². The van der Waals surface area contributed by atoms with Crippen molar-refractivity contribution in [1.29, 1.82) is 0 Å². The molecule has 1 aromatic carbocycles. The van der Waals surface area contributed by atoms with E-state index in [1.807, 2.05) is 6.92 Å². The number of carbonyl (C=O) groups excluding carboxylic acids is 2. The van der Waals surface area contributed by atoms with E-state index in [0.717, 1.165) is 0 Å². The van der Waals surface area contributed by atoms with Gasteiger partial charge in [-0.05, 0) is 38.0 Å². The third-order valence-corrected chi connectivity index (χ3v) is 4.66. The molecule has 1 aliphatic rings. The Bertz CT molecular complexity index is 785. The maximum Gasteiger partial charge on any atom is 0.342 e. The molecular weight excluding hydrogens is 362 g/mol. The summed E-state index contributed by atoms with van der Waals surface area (Å²) in [6.07, 6.45) is 2.37. The summed E-state index contributed by atoms with van der Waals surface area (Å²) in [7, 11) is 0. The number of carbonyl (C=O) groups is 2. The number of hydrogen-bond donors (Lipinski definition) is 4. The maximum absolute atomic E-state index is 12.7. The molecule has 2 rings (SSSR count). The van der Waals surface area contributed by atoms with Crippen molar-refractivity contribution in [2.75, 3.05) is 11.9 Å². The fourth-order valence-electron chi connectivity index (χ4n) is 2.80. The minimum absolute atomic E-state index is 0.00656. The molecule has 0 saturated carbocycles. The van der Waals surface area contributed by atoms with Gasteiger partial charge in [0, 0.05) is 24.2 Å². The van der Waals surface area contributed by atoms with Crippen LogP contribution >= 0.6 is 0 Å². The van der Waals surface area contributed by atoms with Crippen molar-refractivity contribution in [3.63, 3.8) is 0 Å². The number of aromatic hydroxyl groups is 1. The first-order valence-corrected chi connectivity index (χ1v) is 9.31. The van der Waals surface area contributed by atoms with Gasteiger partial charge < -0.3 is 25.4 Å². The van der Waals surface area contributed by atoms with Crippen molar-refractivity contribution < 1.29 is 29.6 Å². The van der Waals surface area contributed by atoms with E-state index in [0.29, 0.717) is 17.8 Å². The Morgan fingerprint density at radius 1 is 1.18 bits per heavy atom. The summed E-state index contributed by atoms with van der Waals surface area (Å²) in [6.45, 7) is 5.96. The van der Waals surface area contributed by atoms with Crippen LogP contribution in [-0.4, -0.2) is 51.9 Å². The second kappa shape index (κ2) is 9.52. The van der Waals surface area contributed by atoms with Gasteiger partial charge in [0.15, 0.2) is 5.78 Å². The number of ether oxygens (including phenoxy) is 1. The highest BCUT2D eigenvalue weighted by molar-refractivity contribution is 5.97. The van der Waals surface area contributed by atoms with E-state index >= 15 is 0 Å². The Morgan fingerprint density at radius 3 is 2.57 bits per heavy atom. The average Bonchev–Trinajstić information content (AvgIpc) is 2.64. The van der Waals surface area contributed by atoms with Crippen molar-refractivity contribution in [1.82, 2.24) is 0 Å². The highest BCUT2D eigenvalue weighted by Crippen LogP contribution is 2.29. The Balaban J connectivity index is 2.50. The number of rotatable bonds is 2. The van der Waals surface area contributed by atoms with Crippen LogP contribution in [0.2, 0.25) is 0 Å². The Hall–Kier alpha value is -2.64. The maximum atomic E-state index is 12.7. The highest BCUT2D eigenvalue weighted by atomic mass is 16.5. The molecule has 1 aliphatic heterocycles. The van der Waals surface area contributed by atoms with Crippen LogP contribution in [0.4, 0.5) is 5.69 Å². The van der Waals surface area contributed by atoms with Crippen molar-refractivity contribution in [2.45, 2.75) is 45.5 Å². The molecule has 0 spiro atoms. The fraction of sp³-hybridized carbons (Fsp3) is 0.429. The lowest BCUT2D eigenvalue weighted by Gasteiger charge is -2.20. The SMILES string of the molecule is CCNc1cc(O)c2c(c1)/C=C\C[C@H](O)[C@H](O)C(=O)/C=C\[C@@H](C)[C@H](C)OC2=O. The lowest BCUT2D eigenvalue weighted by atomic mass is 9.99. The Labute approximate surface area is 164 Å². The summed E-state index contributed by atoms with van der Waals surface area (Å²) >= 11 is 0. The Morgan fingerprint density at radius 2 is 1.89 bits per heavy atom. The van der Waals surface area contributed by atoms with Crippen LogP contribution in [0.3, 0.4) is 0 Å². The van der Waals surface area contributed by atoms with Gasteiger partial charge in [-0.3, -0.25) is 4.79 Å². The standard InChI is InChI=1S/C21H27NO6/c1-4-22-15-10-14-6-5-7-16(23)20(26)17(24)9-8-12(2)13(3)28-21(27)19(14)18(25)11-15/h5-6,8-13,16,20,22-23,25-26H,4,7H2,1-3H3/b6-5-,9-8-/t12-,13+,16+,20+/m1/s1. The highest BCUT2D eigenvalue weighted by Gasteiger charge is 2.25. The van der Waals surface area contributed by atoms with E-state index in [4.69, 9.17) is 4.74 Å². The number of fused-ring (bicyclic) bond motifs is 1. The quantitative estimate of drug-likeness (QED) is 0.573. The van der Waals surface area contributed by atoms with Crippen molar-refractivity contribution >= 4 is 23.5 Å². The zero-order chi connectivity index (χ0) is 20.8. The van der Waals surface area contributed by atoms with Crippen molar-refractivity contribution in [3.05, 3.63) is 41.5 Å². The molecule has 0 aliphatic carbocycles. The van der Waals surface area contributed by atoms with Crippen LogP contribution < -0.4 is 5.32 Å². The number of cyclic esters (lactones) is 1. The summed E-state index contributed by atoms with van der Waals surface area (Å²) in [6, 6.07) is 3.13. The van der Waals surface area contributed by atoms with Gasteiger partial charge in [-0.25, -0.2) is 4.79 Å². The zero-order valence-corrected chi connectivity index (χ0v) is 16.3. The number of anilines is 1. The number of ketones is 1. The van der Waals surface area contributed by atoms with Crippen LogP contribution in [0.25, 0.3) is 6.08 Å². The summed E-state index contributed by atoms with van der Waals surface area (Å²) in [5, 5.41) is 33.5. The van der Waals surface area contributed by atoms with E-state index < -0.39 is 30.1 Å². The first kappa shape index (κ1) is 21.7. The molecule has 1 heterocycles. The molecule has 152 valence electrons. The van der Waals surface area contributed by atoms with Gasteiger partial charge in [-0.2, -0.15) is 0 Å². The van der Waals surface area contributed by atoms with Crippen LogP contribution in [0.5, 0.6) is 5.75 Å². The topological polar surface area (TPSA) is 116 Å². The van der Waals surface area contributed by atoms with Gasteiger partial charge >= 0.3 is 5.97 Å². The number of benzene rings is 1. The predicted molar refractivity (Wildman–Crippen MR) is 106 cm³/mol. The normalized spacial score (nSPS) is 28.6. The number of aliphatic hydroxyl groups excluding tert-OH is 2. The van der Waals surface area contributed by atoms with Gasteiger partial charge in [0.25, 0.3) is 0 Å². The van der Waals surface area contributed by atoms with Gasteiger partial charge in [0.1, 0.15) is 23.5 Å². The molecule has 0 fully saturated rings. The third-order valence-electron chi connectivity index (χ3n) is 4.66. The largest absolute Gasteiger partial charge is 0.507 e. The zero-order valence-electron chi connectivity index (χ0n) is 16.3. The van der Waals surface area contributed by atoms with Gasteiger partial charge in [-0.15, -0.1) is 0 Å². The molecule has 1 aromatic rings. The van der Waals surface area contributed by atoms with Crippen LogP contribution in [-0.2, 0) is 9.53 Å². The molecule has 7 heteroatoms. The number of hydrogen-bond acceptors (Lipinski definition) is 7. The summed E-state index contributed by atoms with van der Waals surface area (Å²) in [5.41, 5.74) is 1.04. The second-order valence-corrected chi connectivity index (χ2v) is 6.87. The number of phenols is 1. The summed E-state index contributed by atoms with van der Waals surface area (Å²) in [5.74, 6) is -1.84. The number of aliphatic hydroxyl groups is 2. The number of nitrogens with one attached hydrogen (secondary N) is 1. The summed E-state index contributed by atoms with van der Waals surface area (Å²) < 4.78 is 5.47. The van der Waals surface area contributed by atoms with Gasteiger partial charge in [0.2, 0.25) is 0 Å². The second-order valence-electron chi connectivity index (χ2n) is 6.87. The number of esters is 1. The molecule has 0 aromatic heterocycles. The lowest BCUT2D eigenvalue weighted by molar-refractivity contribution is -0.127. The lowest BCUT2D eigenvalue weighted by Crippen LogP contribution is -2.32. The van der Waals surface area contributed by atoms with Gasteiger partial charge in [-0.1, -0.05) is 25.2 Å². The molecule has 0 bridgehead atoms. The van der Waals surface area contributed by atoms with E-state index in [9.17, 15) is 24.9 Å². The Kier molecular flexibility index (Phi) is 7.37. The molecule has 0 amide bonds. The van der Waals surface area contributed by atoms with E-state index in [-0.39, 0.29) is 23.7 Å². The smallest absolute Gasteiger partial charge is 0.342 e. The molecule has 28 heavy (non-hydrogen) atoms. The van der Waals surface area contributed by atoms with Crippen LogP contribution in [0.1, 0.15) is 43.1 Å². The van der Waals surface area contributed by atoms with Crippen molar-refractivity contribution in [3.8, 4) is 5.75 Å². The molecule has 4 N–H and O–H groups in total. The number of phenolic OH excluding ortho intramolecular Hbond substituents is 1. The molecule has 0 unspecified atom stereocenters. The molecule has 0 radical (unpaired) electrons. The average molecular weight is 389 g/mol. The fourth-order valence-corrected chi connectivity index (χ4v) is 2.80. The van der Waals surface area contributed by atoms with E-state index in [1.54, 1.807) is 26.0 Å². The van der Waals surface area contributed by atoms with E-state index in [2.05, 4.69) is 5.32 Å². The molecule has 4 atom stereocenters. The predicted octanol–water partition coefficient (Wildman–Crippen LogP) is 2.27. The minimum atomic E-state index is -1.55. The third kappa shape index (κ3) is 5.21. The molecule has 7 nitrogen and oxygen atoms in total. The van der Waals surface area contributed by atoms with E-state index in [1.165, 1.54) is 24.3 Å². The molecular formula is C21H27NO6.